The van der Waals surface area contributed by atoms with E-state index in [9.17, 15) is 4.79 Å². The van der Waals surface area contributed by atoms with Crippen molar-refractivity contribution in [2.45, 2.75) is 259 Å². The van der Waals surface area contributed by atoms with Crippen LogP contribution in [0.3, 0.4) is 0 Å². The standard InChI is InChI=1S/C64H118O8Si4/c1-29-30-35-50(4)60(68-47-53-41-44-54(66-19)45-42-53)52(6)56(70-74(23,24)62(10,11)12)38-33-31-37-49(3)59(72-76(27,28)64(16,17)18)51(5)40-43-55(69-73(21,22)61(7,8)9)46-57(71-75(25,26)63(13,14)15)48(2)36-32-34-39-58(65)67-20/h29-30,32,34-36,39-45,48-52,55-57,59-60H,1,31,33,37-38,46-47H2,2-28H3/t48-,49+,50+,51+,52+,55-,56-,57+,59-,60+/m1/s1. The normalized spacial score (nSPS) is 18.1. The zero-order valence-electron chi connectivity index (χ0n) is 54.0. The largest absolute Gasteiger partial charge is 0.497 e. The highest BCUT2D eigenvalue weighted by Crippen LogP contribution is 2.44. The Morgan fingerprint density at radius 1 is 0.553 bits per heavy atom. The monoisotopic (exact) mass is 1130 g/mol. The maximum atomic E-state index is 11.9. The predicted octanol–water partition coefficient (Wildman–Crippen LogP) is 18.9. The Morgan fingerprint density at radius 3 is 1.50 bits per heavy atom. The van der Waals surface area contributed by atoms with Crippen molar-refractivity contribution in [1.82, 2.24) is 0 Å². The van der Waals surface area contributed by atoms with E-state index in [1.165, 1.54) is 13.2 Å². The van der Waals surface area contributed by atoms with Crippen LogP contribution < -0.4 is 4.74 Å². The van der Waals surface area contributed by atoms with Gasteiger partial charge in [-0.1, -0.05) is 198 Å². The summed E-state index contributed by atoms with van der Waals surface area (Å²) in [4.78, 5) is 11.9. The third kappa shape index (κ3) is 23.5. The van der Waals surface area contributed by atoms with E-state index in [1.54, 1.807) is 13.2 Å². The molecule has 0 aliphatic rings. The molecule has 0 saturated carbocycles. The maximum Gasteiger partial charge on any atom is 0.330 e. The third-order valence-electron chi connectivity index (χ3n) is 17.9. The van der Waals surface area contributed by atoms with Gasteiger partial charge in [0.15, 0.2) is 33.3 Å². The number of rotatable bonds is 32. The Kier molecular flexibility index (Phi) is 28.9. The van der Waals surface area contributed by atoms with Gasteiger partial charge in [-0.25, -0.2) is 4.79 Å². The van der Waals surface area contributed by atoms with Crippen molar-refractivity contribution in [1.29, 1.82) is 0 Å². The molecule has 76 heavy (non-hydrogen) atoms. The van der Waals surface area contributed by atoms with Gasteiger partial charge in [-0.2, -0.15) is 0 Å². The average Bonchev–Trinajstić information content (AvgIpc) is 3.29. The molecule has 0 aliphatic carbocycles. The minimum atomic E-state index is -2.23. The molecule has 10 atom stereocenters. The van der Waals surface area contributed by atoms with Crippen LogP contribution in [0.2, 0.25) is 72.5 Å². The highest BCUT2D eigenvalue weighted by atomic mass is 28.4. The number of allylic oxidation sites excluding steroid dienone is 4. The average molecular weight is 1130 g/mol. The quantitative estimate of drug-likeness (QED) is 0.0176. The van der Waals surface area contributed by atoms with Crippen LogP contribution in [-0.2, 0) is 38.6 Å². The van der Waals surface area contributed by atoms with Crippen LogP contribution in [0.25, 0.3) is 0 Å². The van der Waals surface area contributed by atoms with Gasteiger partial charge in [0.1, 0.15) is 5.75 Å². The first-order valence-corrected chi connectivity index (χ1v) is 40.6. The fourth-order valence-corrected chi connectivity index (χ4v) is 14.0. The van der Waals surface area contributed by atoms with Crippen molar-refractivity contribution in [2.75, 3.05) is 14.2 Å². The Hall–Kier alpha value is -2.14. The SMILES string of the molecule is C=CC=C[C@H](C)[C@H](OCc1ccc(OC)cc1)[C@@H](C)[C@@H](CCCC[C@H](C)[C@@H](O[Si](C)(C)C(C)(C)C)[C@@H](C)C=C[C@H](C[C@H](O[Si](C)(C)C(C)(C)C)[C@H](C)C=CC=CC(=O)OC)O[Si](C)(C)C(C)(C)C)O[Si](C)(C)C(C)(C)C. The van der Waals surface area contributed by atoms with Gasteiger partial charge in [0.25, 0.3) is 0 Å². The second-order valence-electron chi connectivity index (χ2n) is 28.4. The van der Waals surface area contributed by atoms with E-state index in [1.807, 2.05) is 30.4 Å². The Morgan fingerprint density at radius 2 is 1.01 bits per heavy atom. The topological polar surface area (TPSA) is 81.7 Å². The number of methoxy groups -OCH3 is 2. The highest BCUT2D eigenvalue weighted by molar-refractivity contribution is 6.75. The van der Waals surface area contributed by atoms with Crippen molar-refractivity contribution < 1.29 is 36.7 Å². The van der Waals surface area contributed by atoms with Crippen molar-refractivity contribution in [3.8, 4) is 5.75 Å². The molecule has 0 amide bonds. The predicted molar refractivity (Wildman–Crippen MR) is 338 cm³/mol. The summed E-state index contributed by atoms with van der Waals surface area (Å²) in [5.74, 6) is 1.28. The molecule has 0 spiro atoms. The van der Waals surface area contributed by atoms with E-state index < -0.39 is 33.3 Å². The van der Waals surface area contributed by atoms with Gasteiger partial charge >= 0.3 is 5.97 Å². The van der Waals surface area contributed by atoms with E-state index in [2.05, 4.69) is 213 Å². The zero-order valence-corrected chi connectivity index (χ0v) is 58.0. The molecule has 1 rings (SSSR count). The van der Waals surface area contributed by atoms with Crippen LogP contribution in [0.4, 0.5) is 0 Å². The zero-order chi connectivity index (χ0) is 58.9. The summed E-state index contributed by atoms with van der Waals surface area (Å²) in [6, 6.07) is 8.19. The molecule has 0 unspecified atom stereocenters. The van der Waals surface area contributed by atoms with Crippen LogP contribution in [0.1, 0.15) is 155 Å². The summed E-state index contributed by atoms with van der Waals surface area (Å²) < 4.78 is 46.9. The first kappa shape index (κ1) is 71.9. The Labute approximate surface area is 473 Å². The minimum absolute atomic E-state index is 0.0195. The molecule has 1 aromatic rings. The highest BCUT2D eigenvalue weighted by Gasteiger charge is 2.45. The molecular formula is C64H118O8Si4. The molecule has 0 saturated heterocycles. The Balaban J connectivity index is 3.76. The lowest BCUT2D eigenvalue weighted by Gasteiger charge is -2.44. The number of benzene rings is 1. The summed E-state index contributed by atoms with van der Waals surface area (Å²) in [6.07, 6.45) is 22.8. The lowest BCUT2D eigenvalue weighted by Crippen LogP contribution is -2.48. The number of esters is 1. The van der Waals surface area contributed by atoms with Crippen LogP contribution in [0, 0.1) is 29.6 Å². The second-order valence-corrected chi connectivity index (χ2v) is 47.4. The summed E-state index contributed by atoms with van der Waals surface area (Å²) in [6.45, 7) is 62.9. The first-order chi connectivity index (χ1) is 34.6. The number of hydrogen-bond donors (Lipinski definition) is 0. The van der Waals surface area contributed by atoms with Crippen molar-refractivity contribution in [3.63, 3.8) is 0 Å². The van der Waals surface area contributed by atoms with Crippen LogP contribution in [-0.4, -0.2) is 84.0 Å². The van der Waals surface area contributed by atoms with E-state index in [0.717, 1.165) is 37.0 Å². The van der Waals surface area contributed by atoms with Crippen LogP contribution >= 0.6 is 0 Å². The van der Waals surface area contributed by atoms with E-state index >= 15 is 0 Å². The molecule has 0 fully saturated rings. The smallest absolute Gasteiger partial charge is 0.330 e. The van der Waals surface area contributed by atoms with E-state index in [-0.39, 0.29) is 80.3 Å². The molecule has 0 N–H and O–H groups in total. The molecule has 12 heteroatoms. The maximum absolute atomic E-state index is 11.9. The fraction of sp³-hybridized carbons (Fsp3) is 0.734. The van der Waals surface area contributed by atoms with Gasteiger partial charge < -0.3 is 31.9 Å². The van der Waals surface area contributed by atoms with Gasteiger partial charge in [0, 0.05) is 24.3 Å². The molecule has 0 aromatic heterocycles. The lowest BCUT2D eigenvalue weighted by molar-refractivity contribution is -0.134. The van der Waals surface area contributed by atoms with Crippen molar-refractivity contribution >= 4 is 39.2 Å². The summed E-state index contributed by atoms with van der Waals surface area (Å²) in [7, 11) is -5.67. The third-order valence-corrected chi connectivity index (χ3v) is 35.9. The summed E-state index contributed by atoms with van der Waals surface area (Å²) in [5.41, 5.74) is 1.12. The summed E-state index contributed by atoms with van der Waals surface area (Å²) >= 11 is 0. The second kappa shape index (κ2) is 30.6. The van der Waals surface area contributed by atoms with Crippen LogP contribution in [0.15, 0.2) is 85.5 Å². The molecular weight excluding hydrogens is 1010 g/mol. The molecule has 0 aliphatic heterocycles. The van der Waals surface area contributed by atoms with Gasteiger partial charge in [0.05, 0.1) is 51.3 Å². The number of ether oxygens (including phenoxy) is 3. The molecule has 438 valence electrons. The van der Waals surface area contributed by atoms with Gasteiger partial charge in [-0.15, -0.1) is 0 Å². The molecule has 0 heterocycles. The molecule has 1 aromatic carbocycles. The number of carbonyl (C=O) groups excluding carboxylic acids is 1. The number of unbranched alkanes of at least 4 members (excludes halogenated alkanes) is 1. The van der Waals surface area contributed by atoms with Crippen molar-refractivity contribution in [3.05, 3.63) is 91.1 Å². The van der Waals surface area contributed by atoms with Gasteiger partial charge in [-0.05, 0) is 121 Å². The number of carbonyl (C=O) groups is 1. The fourth-order valence-electron chi connectivity index (χ4n) is 8.34. The molecule has 0 bridgehead atoms. The van der Waals surface area contributed by atoms with E-state index in [4.69, 9.17) is 31.9 Å². The molecule has 8 nitrogen and oxygen atoms in total. The van der Waals surface area contributed by atoms with Gasteiger partial charge in [0.2, 0.25) is 0 Å². The molecule has 0 radical (unpaired) electrons. The van der Waals surface area contributed by atoms with Crippen LogP contribution in [0.5, 0.6) is 5.75 Å². The summed E-state index contributed by atoms with van der Waals surface area (Å²) in [5, 5.41) is 0.169. The lowest BCUT2D eigenvalue weighted by atomic mass is 9.85. The van der Waals surface area contributed by atoms with Gasteiger partial charge in [-0.3, -0.25) is 0 Å². The van der Waals surface area contributed by atoms with Crippen molar-refractivity contribution in [2.24, 2.45) is 29.6 Å². The minimum Gasteiger partial charge on any atom is -0.497 e. The number of hydrogen-bond acceptors (Lipinski definition) is 8. The first-order valence-electron chi connectivity index (χ1n) is 28.9. The Bertz CT molecular complexity index is 1980. The van der Waals surface area contributed by atoms with E-state index in [0.29, 0.717) is 18.9 Å².